The van der Waals surface area contributed by atoms with E-state index in [2.05, 4.69) is 18.2 Å². The third-order valence-electron chi connectivity index (χ3n) is 3.82. The van der Waals surface area contributed by atoms with Gasteiger partial charge in [0.1, 0.15) is 0 Å². The molecule has 1 heterocycles. The highest BCUT2D eigenvalue weighted by Gasteiger charge is 2.33. The monoisotopic (exact) mass is 262 g/mol. The number of nitrogens with zero attached hydrogens (tertiary/aromatic N) is 2. The van der Waals surface area contributed by atoms with Gasteiger partial charge in [-0.05, 0) is 44.5 Å². The van der Waals surface area contributed by atoms with E-state index in [1.165, 1.54) is 0 Å². The maximum Gasteiger partial charge on any atom is 0.244 e. The number of piperazine rings is 1. The van der Waals surface area contributed by atoms with E-state index in [4.69, 9.17) is 5.11 Å². The van der Waals surface area contributed by atoms with Crippen molar-refractivity contribution in [2.24, 2.45) is 0 Å². The van der Waals surface area contributed by atoms with Gasteiger partial charge >= 0.3 is 0 Å². The second-order valence-corrected chi connectivity index (χ2v) is 5.29. The van der Waals surface area contributed by atoms with E-state index in [0.29, 0.717) is 13.0 Å². The molecule has 1 amide bonds. The molecular formula is C15H22N2O2. The zero-order valence-electron chi connectivity index (χ0n) is 11.9. The van der Waals surface area contributed by atoms with Crippen molar-refractivity contribution in [3.8, 4) is 0 Å². The Hall–Kier alpha value is -1.39. The van der Waals surface area contributed by atoms with Crippen molar-refractivity contribution in [2.45, 2.75) is 26.3 Å². The van der Waals surface area contributed by atoms with Gasteiger partial charge in [0.15, 0.2) is 0 Å². The molecule has 0 saturated carbocycles. The van der Waals surface area contributed by atoms with Gasteiger partial charge in [-0.1, -0.05) is 12.1 Å². The summed E-state index contributed by atoms with van der Waals surface area (Å²) in [4.78, 5) is 16.5. The summed E-state index contributed by atoms with van der Waals surface area (Å²) in [7, 11) is 1.94. The maximum absolute atomic E-state index is 12.6. The highest BCUT2D eigenvalue weighted by atomic mass is 16.3. The smallest absolute Gasteiger partial charge is 0.244 e. The molecule has 1 aliphatic rings. The highest BCUT2D eigenvalue weighted by molar-refractivity contribution is 5.98. The van der Waals surface area contributed by atoms with Crippen LogP contribution in [0, 0.1) is 13.8 Å². The van der Waals surface area contributed by atoms with Crippen LogP contribution in [0.4, 0.5) is 5.69 Å². The molecule has 0 aromatic heterocycles. The van der Waals surface area contributed by atoms with E-state index in [9.17, 15) is 4.79 Å². The minimum absolute atomic E-state index is 0.0430. The number of hydrogen-bond donors (Lipinski definition) is 1. The normalized spacial score (nSPS) is 20.9. The third-order valence-corrected chi connectivity index (χ3v) is 3.82. The Labute approximate surface area is 114 Å². The molecular weight excluding hydrogens is 240 g/mol. The van der Waals surface area contributed by atoms with Crippen molar-refractivity contribution in [3.05, 3.63) is 29.3 Å². The average Bonchev–Trinajstić information content (AvgIpc) is 2.38. The molecule has 0 spiro atoms. The number of anilines is 1. The number of hydrogen-bond acceptors (Lipinski definition) is 3. The lowest BCUT2D eigenvalue weighted by atomic mass is 10.0. The second kappa shape index (κ2) is 5.72. The van der Waals surface area contributed by atoms with Gasteiger partial charge in [-0.2, -0.15) is 0 Å². The van der Waals surface area contributed by atoms with E-state index < -0.39 is 0 Å². The van der Waals surface area contributed by atoms with E-state index >= 15 is 0 Å². The fourth-order valence-electron chi connectivity index (χ4n) is 2.61. The van der Waals surface area contributed by atoms with Crippen LogP contribution < -0.4 is 4.90 Å². The maximum atomic E-state index is 12.6. The van der Waals surface area contributed by atoms with Gasteiger partial charge in [0.2, 0.25) is 5.91 Å². The van der Waals surface area contributed by atoms with Crippen LogP contribution in [0.3, 0.4) is 0 Å². The summed E-state index contributed by atoms with van der Waals surface area (Å²) in [6.07, 6.45) is 0.497. The largest absolute Gasteiger partial charge is 0.396 e. The molecule has 1 aromatic rings. The SMILES string of the molecule is Cc1ccc(C)c(N2CCN(C)C(CCO)C2=O)c1. The number of carbonyl (C=O) groups is 1. The zero-order chi connectivity index (χ0) is 14.0. The molecule has 4 nitrogen and oxygen atoms in total. The molecule has 19 heavy (non-hydrogen) atoms. The number of aliphatic hydroxyl groups is 1. The number of rotatable bonds is 3. The van der Waals surface area contributed by atoms with Crippen molar-refractivity contribution in [3.63, 3.8) is 0 Å². The summed E-state index contributed by atoms with van der Waals surface area (Å²) < 4.78 is 0. The summed E-state index contributed by atoms with van der Waals surface area (Å²) in [5.41, 5.74) is 3.28. The number of carbonyl (C=O) groups excluding carboxylic acids is 1. The Morgan fingerprint density at radius 3 is 2.74 bits per heavy atom. The summed E-state index contributed by atoms with van der Waals surface area (Å²) in [6.45, 7) is 5.66. The van der Waals surface area contributed by atoms with Crippen molar-refractivity contribution in [2.75, 3.05) is 31.6 Å². The number of benzene rings is 1. The predicted octanol–water partition coefficient (Wildman–Crippen LogP) is 1.33. The molecule has 104 valence electrons. The van der Waals surface area contributed by atoms with Gasteiger partial charge in [-0.3, -0.25) is 9.69 Å². The van der Waals surface area contributed by atoms with Crippen LogP contribution in [-0.2, 0) is 4.79 Å². The van der Waals surface area contributed by atoms with Gasteiger partial charge in [-0.15, -0.1) is 0 Å². The molecule has 0 bridgehead atoms. The standard InChI is InChI=1S/C15H22N2O2/c1-11-4-5-12(2)14(10-11)17-8-7-16(3)13(6-9-18)15(17)19/h4-5,10,13,18H,6-9H2,1-3H3. The first kappa shape index (κ1) is 14.0. The van der Waals surface area contributed by atoms with Crippen LogP contribution in [0.15, 0.2) is 18.2 Å². The fourth-order valence-corrected chi connectivity index (χ4v) is 2.61. The summed E-state index contributed by atoms with van der Waals surface area (Å²) in [5.74, 6) is 0.0940. The molecule has 2 rings (SSSR count). The Balaban J connectivity index is 2.29. The molecule has 1 N–H and O–H groups in total. The molecule has 4 heteroatoms. The van der Waals surface area contributed by atoms with Crippen LogP contribution in [0.25, 0.3) is 0 Å². The lowest BCUT2D eigenvalue weighted by Gasteiger charge is -2.39. The molecule has 1 aromatic carbocycles. The number of aryl methyl sites for hydroxylation is 2. The first-order valence-electron chi connectivity index (χ1n) is 6.74. The van der Waals surface area contributed by atoms with Crippen molar-refractivity contribution >= 4 is 11.6 Å². The van der Waals surface area contributed by atoms with E-state index in [-0.39, 0.29) is 18.6 Å². The Bertz CT molecular complexity index is 473. The first-order valence-corrected chi connectivity index (χ1v) is 6.74. The van der Waals surface area contributed by atoms with E-state index in [1.54, 1.807) is 0 Å². The van der Waals surface area contributed by atoms with Crippen LogP contribution in [0.5, 0.6) is 0 Å². The molecule has 1 saturated heterocycles. The van der Waals surface area contributed by atoms with Gasteiger partial charge in [0.25, 0.3) is 0 Å². The lowest BCUT2D eigenvalue weighted by Crippen LogP contribution is -2.56. The van der Waals surface area contributed by atoms with Crippen molar-refractivity contribution in [1.29, 1.82) is 0 Å². The molecule has 1 fully saturated rings. The van der Waals surface area contributed by atoms with Crippen LogP contribution in [-0.4, -0.2) is 48.7 Å². The van der Waals surface area contributed by atoms with Crippen LogP contribution in [0.2, 0.25) is 0 Å². The minimum atomic E-state index is -0.210. The number of amides is 1. The highest BCUT2D eigenvalue weighted by Crippen LogP contribution is 2.25. The number of aliphatic hydroxyl groups excluding tert-OH is 1. The molecule has 1 aliphatic heterocycles. The van der Waals surface area contributed by atoms with E-state index in [0.717, 1.165) is 23.4 Å². The quantitative estimate of drug-likeness (QED) is 0.894. The summed E-state index contributed by atoms with van der Waals surface area (Å²) in [5, 5.41) is 9.11. The third kappa shape index (κ3) is 2.80. The lowest BCUT2D eigenvalue weighted by molar-refractivity contribution is -0.125. The topological polar surface area (TPSA) is 43.8 Å². The predicted molar refractivity (Wildman–Crippen MR) is 76.4 cm³/mol. The van der Waals surface area contributed by atoms with E-state index in [1.807, 2.05) is 30.7 Å². The zero-order valence-corrected chi connectivity index (χ0v) is 11.9. The van der Waals surface area contributed by atoms with Crippen molar-refractivity contribution in [1.82, 2.24) is 4.90 Å². The Morgan fingerprint density at radius 2 is 2.05 bits per heavy atom. The first-order chi connectivity index (χ1) is 9.04. The second-order valence-electron chi connectivity index (χ2n) is 5.29. The van der Waals surface area contributed by atoms with Crippen LogP contribution in [0.1, 0.15) is 17.5 Å². The molecule has 1 unspecified atom stereocenters. The van der Waals surface area contributed by atoms with Gasteiger partial charge < -0.3 is 10.0 Å². The Kier molecular flexibility index (Phi) is 4.22. The van der Waals surface area contributed by atoms with Crippen LogP contribution >= 0.6 is 0 Å². The minimum Gasteiger partial charge on any atom is -0.396 e. The van der Waals surface area contributed by atoms with Crippen molar-refractivity contribution < 1.29 is 9.90 Å². The summed E-state index contributed by atoms with van der Waals surface area (Å²) in [6, 6.07) is 5.97. The average molecular weight is 262 g/mol. The van der Waals surface area contributed by atoms with Gasteiger partial charge in [0.05, 0.1) is 6.04 Å². The molecule has 0 aliphatic carbocycles. The molecule has 0 radical (unpaired) electrons. The fraction of sp³-hybridized carbons (Fsp3) is 0.533. The number of likely N-dealkylation sites (N-methyl/N-ethyl adjacent to an activating group) is 1. The molecule has 1 atom stereocenters. The summed E-state index contributed by atoms with van der Waals surface area (Å²) >= 11 is 0. The van der Waals surface area contributed by atoms with Gasteiger partial charge in [-0.25, -0.2) is 0 Å². The Morgan fingerprint density at radius 1 is 1.32 bits per heavy atom. The van der Waals surface area contributed by atoms with Gasteiger partial charge in [0, 0.05) is 25.4 Å².